The van der Waals surface area contributed by atoms with Gasteiger partial charge in [0.05, 0.1) is 31.4 Å². The first-order valence-electron chi connectivity index (χ1n) is 8.65. The van der Waals surface area contributed by atoms with Crippen molar-refractivity contribution in [1.82, 2.24) is 14.7 Å². The minimum atomic E-state index is -0.919. The molecule has 1 aromatic heterocycles. The number of rotatable bonds is 5. The highest BCUT2D eigenvalue weighted by Gasteiger charge is 2.26. The first-order chi connectivity index (χ1) is 12.4. The number of nitrogens with zero attached hydrogens (tertiary/aromatic N) is 3. The van der Waals surface area contributed by atoms with E-state index in [1.165, 1.54) is 0 Å². The van der Waals surface area contributed by atoms with Crippen LogP contribution in [0.1, 0.15) is 33.7 Å². The Hall–Kier alpha value is -2.67. The van der Waals surface area contributed by atoms with Crippen LogP contribution in [-0.4, -0.2) is 57.5 Å². The molecule has 0 saturated carbocycles. The van der Waals surface area contributed by atoms with Gasteiger partial charge in [0.1, 0.15) is 0 Å². The summed E-state index contributed by atoms with van der Waals surface area (Å²) in [5.74, 6) is -1.01. The second kappa shape index (κ2) is 7.70. The fourth-order valence-corrected chi connectivity index (χ4v) is 3.17. The van der Waals surface area contributed by atoms with Crippen LogP contribution in [0, 0.1) is 13.8 Å². The smallest absolute Gasteiger partial charge is 0.306 e. The number of aliphatic carboxylic acids is 1. The number of carboxylic acids is 1. The fourth-order valence-electron chi connectivity index (χ4n) is 3.17. The molecule has 138 valence electrons. The van der Waals surface area contributed by atoms with Crippen LogP contribution in [0.4, 0.5) is 0 Å². The molecule has 0 bridgehead atoms. The lowest BCUT2D eigenvalue weighted by molar-refractivity contribution is -0.141. The van der Waals surface area contributed by atoms with Gasteiger partial charge in [0.25, 0.3) is 5.91 Å². The number of carbonyl (C=O) groups is 2. The van der Waals surface area contributed by atoms with E-state index in [-0.39, 0.29) is 12.3 Å². The summed E-state index contributed by atoms with van der Waals surface area (Å²) in [4.78, 5) is 25.2. The van der Waals surface area contributed by atoms with Crippen LogP contribution in [0.3, 0.4) is 0 Å². The topological polar surface area (TPSA) is 84.7 Å². The molecule has 0 radical (unpaired) electrons. The van der Waals surface area contributed by atoms with Gasteiger partial charge in [0, 0.05) is 24.3 Å². The zero-order valence-corrected chi connectivity index (χ0v) is 15.0. The lowest BCUT2D eigenvalue weighted by atomic mass is 10.1. The average Bonchev–Trinajstić information content (AvgIpc) is 2.92. The van der Waals surface area contributed by atoms with Gasteiger partial charge < -0.3 is 14.7 Å². The van der Waals surface area contributed by atoms with E-state index in [0.717, 1.165) is 17.0 Å². The quantitative estimate of drug-likeness (QED) is 0.883. The molecule has 1 saturated heterocycles. The number of carbonyl (C=O) groups excluding carboxylic acids is 1. The summed E-state index contributed by atoms with van der Waals surface area (Å²) in [7, 11) is 0. The van der Waals surface area contributed by atoms with Crippen molar-refractivity contribution >= 4 is 11.9 Å². The normalized spacial score (nSPS) is 17.3. The number of amides is 1. The Morgan fingerprint density at radius 3 is 2.62 bits per heavy atom. The van der Waals surface area contributed by atoms with Crippen molar-refractivity contribution in [3.63, 3.8) is 0 Å². The summed E-state index contributed by atoms with van der Waals surface area (Å²) >= 11 is 0. The average molecular weight is 357 g/mol. The number of aromatic nitrogens is 2. The van der Waals surface area contributed by atoms with Crippen LogP contribution < -0.4 is 0 Å². The molecule has 2 heterocycles. The molecule has 1 aliphatic heterocycles. The predicted octanol–water partition coefficient (Wildman–Crippen LogP) is 1.86. The number of morpholine rings is 1. The summed E-state index contributed by atoms with van der Waals surface area (Å²) in [6.07, 6.45) is -0.541. The van der Waals surface area contributed by atoms with Crippen molar-refractivity contribution < 1.29 is 19.4 Å². The lowest BCUT2D eigenvalue weighted by Crippen LogP contribution is -2.46. The van der Waals surface area contributed by atoms with Gasteiger partial charge in [-0.25, -0.2) is 0 Å². The molecule has 1 N–H and O–H groups in total. The Kier molecular flexibility index (Phi) is 5.37. The fraction of sp³-hybridized carbons (Fsp3) is 0.421. The van der Waals surface area contributed by atoms with Gasteiger partial charge in [-0.2, -0.15) is 5.10 Å². The molecule has 1 aliphatic rings. The third-order valence-electron chi connectivity index (χ3n) is 4.46. The third kappa shape index (κ3) is 4.29. The zero-order valence-electron chi connectivity index (χ0n) is 15.0. The van der Waals surface area contributed by atoms with E-state index in [0.29, 0.717) is 31.8 Å². The van der Waals surface area contributed by atoms with Gasteiger partial charge in [0.2, 0.25) is 0 Å². The van der Waals surface area contributed by atoms with Gasteiger partial charge in [0.15, 0.2) is 0 Å². The summed E-state index contributed by atoms with van der Waals surface area (Å²) in [6.45, 7) is 5.78. The van der Waals surface area contributed by atoms with Crippen molar-refractivity contribution in [3.05, 3.63) is 52.8 Å². The molecule has 1 fully saturated rings. The summed E-state index contributed by atoms with van der Waals surface area (Å²) in [6, 6.07) is 9.51. The minimum absolute atomic E-state index is 0.0919. The second-order valence-electron chi connectivity index (χ2n) is 6.62. The number of benzene rings is 1. The van der Waals surface area contributed by atoms with E-state index < -0.39 is 12.1 Å². The van der Waals surface area contributed by atoms with Crippen LogP contribution in [0.15, 0.2) is 30.3 Å². The molecule has 2 aromatic rings. The molecular formula is C19H23N3O4. The van der Waals surface area contributed by atoms with Gasteiger partial charge in [-0.05, 0) is 37.6 Å². The van der Waals surface area contributed by atoms with Gasteiger partial charge in [-0.3, -0.25) is 14.3 Å². The van der Waals surface area contributed by atoms with E-state index in [2.05, 4.69) is 5.10 Å². The van der Waals surface area contributed by atoms with Crippen molar-refractivity contribution in [3.8, 4) is 0 Å². The van der Waals surface area contributed by atoms with Crippen LogP contribution >= 0.6 is 0 Å². The minimum Gasteiger partial charge on any atom is -0.481 e. The van der Waals surface area contributed by atoms with Crippen molar-refractivity contribution in [1.29, 1.82) is 0 Å². The molecule has 3 rings (SSSR count). The van der Waals surface area contributed by atoms with Crippen LogP contribution in [0.2, 0.25) is 0 Å². The zero-order chi connectivity index (χ0) is 18.7. The number of ether oxygens (including phenoxy) is 1. The summed E-state index contributed by atoms with van der Waals surface area (Å²) < 4.78 is 7.35. The van der Waals surface area contributed by atoms with Crippen molar-refractivity contribution in [2.45, 2.75) is 32.9 Å². The molecule has 1 amide bonds. The van der Waals surface area contributed by atoms with Gasteiger partial charge in [-0.15, -0.1) is 0 Å². The molecule has 0 aliphatic carbocycles. The van der Waals surface area contributed by atoms with E-state index in [4.69, 9.17) is 9.84 Å². The van der Waals surface area contributed by atoms with E-state index in [1.807, 2.05) is 48.9 Å². The maximum Gasteiger partial charge on any atom is 0.306 e. The largest absolute Gasteiger partial charge is 0.481 e. The van der Waals surface area contributed by atoms with Gasteiger partial charge >= 0.3 is 5.97 Å². The van der Waals surface area contributed by atoms with E-state index in [1.54, 1.807) is 4.90 Å². The molecule has 7 nitrogen and oxygen atoms in total. The van der Waals surface area contributed by atoms with Crippen molar-refractivity contribution in [2.24, 2.45) is 0 Å². The highest BCUT2D eigenvalue weighted by Crippen LogP contribution is 2.15. The first kappa shape index (κ1) is 18.1. The maximum atomic E-state index is 12.7. The highest BCUT2D eigenvalue weighted by molar-refractivity contribution is 5.94. The Morgan fingerprint density at radius 2 is 2.00 bits per heavy atom. The van der Waals surface area contributed by atoms with Crippen LogP contribution in [-0.2, 0) is 16.1 Å². The molecule has 1 atom stereocenters. The van der Waals surface area contributed by atoms with Crippen molar-refractivity contribution in [2.75, 3.05) is 19.7 Å². The molecule has 7 heteroatoms. The van der Waals surface area contributed by atoms with Crippen LogP contribution in [0.5, 0.6) is 0 Å². The summed E-state index contributed by atoms with van der Waals surface area (Å²) in [5, 5.41) is 13.3. The molecular weight excluding hydrogens is 334 g/mol. The monoisotopic (exact) mass is 357 g/mol. The summed E-state index contributed by atoms with van der Waals surface area (Å²) in [5.41, 5.74) is 3.74. The highest BCUT2D eigenvalue weighted by atomic mass is 16.5. The molecule has 0 spiro atoms. The molecule has 1 aromatic carbocycles. The maximum absolute atomic E-state index is 12.7. The predicted molar refractivity (Wildman–Crippen MR) is 95.1 cm³/mol. The standard InChI is InChI=1S/C19H23N3O4/c1-13-9-14(2)22(20-13)11-15-3-5-16(6-4-15)19(25)21-7-8-26-17(12-21)10-18(23)24/h3-6,9,17H,7-8,10-12H2,1-2H3,(H,23,24). The second-order valence-corrected chi connectivity index (χ2v) is 6.62. The SMILES string of the molecule is Cc1cc(C)n(Cc2ccc(C(=O)N3CCOC(CC(=O)O)C3)cc2)n1. The van der Waals surface area contributed by atoms with E-state index >= 15 is 0 Å². The Balaban J connectivity index is 1.65. The third-order valence-corrected chi connectivity index (χ3v) is 4.46. The van der Waals surface area contributed by atoms with Gasteiger partial charge in [-0.1, -0.05) is 12.1 Å². The number of carboxylic acid groups (broad SMARTS) is 1. The van der Waals surface area contributed by atoms with E-state index in [9.17, 15) is 9.59 Å². The number of hydrogen-bond acceptors (Lipinski definition) is 4. The Bertz CT molecular complexity index is 798. The lowest BCUT2D eigenvalue weighted by Gasteiger charge is -2.32. The van der Waals surface area contributed by atoms with Crippen LogP contribution in [0.25, 0.3) is 0 Å². The number of aryl methyl sites for hydroxylation is 2. The molecule has 1 unspecified atom stereocenters. The first-order valence-corrected chi connectivity index (χ1v) is 8.65. The Morgan fingerprint density at radius 1 is 1.27 bits per heavy atom. The number of hydrogen-bond donors (Lipinski definition) is 1. The Labute approximate surface area is 152 Å². The molecule has 26 heavy (non-hydrogen) atoms.